The molecule has 0 spiro atoms. The van der Waals surface area contributed by atoms with Crippen LogP contribution in [-0.2, 0) is 4.79 Å². The summed E-state index contributed by atoms with van der Waals surface area (Å²) in [6, 6.07) is 30.6. The number of nitriles is 1. The molecule has 8 rings (SSSR count). The van der Waals surface area contributed by atoms with Crippen molar-refractivity contribution in [3.63, 3.8) is 0 Å². The number of aryl methyl sites for hydroxylation is 1. The smallest absolute Gasteiger partial charge is 0.346 e. The summed E-state index contributed by atoms with van der Waals surface area (Å²) in [5.41, 5.74) is 10.0. The molecule has 1 saturated carbocycles. The fourth-order valence-electron chi connectivity index (χ4n) is 6.81. The minimum absolute atomic E-state index is 0.289. The van der Waals surface area contributed by atoms with Crippen molar-refractivity contribution in [1.29, 1.82) is 5.26 Å². The van der Waals surface area contributed by atoms with Gasteiger partial charge in [-0.3, -0.25) is 0 Å². The Kier molecular flexibility index (Phi) is 6.86. The van der Waals surface area contributed by atoms with Gasteiger partial charge in [0.1, 0.15) is 22.7 Å². The van der Waals surface area contributed by atoms with Crippen molar-refractivity contribution in [1.82, 2.24) is 8.75 Å². The molecule has 4 heterocycles. The van der Waals surface area contributed by atoms with Gasteiger partial charge in [-0.1, -0.05) is 42.3 Å². The van der Waals surface area contributed by atoms with Crippen LogP contribution >= 0.6 is 34.4 Å². The molecular formula is C36H26N4O2S3. The molecule has 1 N–H and O–H groups in total. The molecule has 1 fully saturated rings. The van der Waals surface area contributed by atoms with Crippen LogP contribution in [0.15, 0.2) is 84.4 Å². The SMILES string of the molecule is Cc1ccc(N2c3ccc(-c4ccc(-c5ccc(-c6ccc(/C=C(/C#N)C(=O)O)s6)c6nsnc56)s4)cc3C3CCCC32)cc1. The minimum atomic E-state index is -1.23. The Balaban J connectivity index is 1.12. The number of aliphatic carboxylic acids is 1. The molecule has 0 amide bonds. The highest BCUT2D eigenvalue weighted by atomic mass is 32.1. The van der Waals surface area contributed by atoms with E-state index in [1.807, 2.05) is 12.1 Å². The molecule has 6 aromatic rings. The van der Waals surface area contributed by atoms with Gasteiger partial charge in [0.2, 0.25) is 0 Å². The second-order valence-corrected chi connectivity index (χ2v) is 14.3. The van der Waals surface area contributed by atoms with Crippen LogP contribution in [0.25, 0.3) is 48.4 Å². The van der Waals surface area contributed by atoms with Crippen LogP contribution in [0.2, 0.25) is 0 Å². The van der Waals surface area contributed by atoms with Crippen molar-refractivity contribution in [3.05, 3.63) is 100 Å². The molecule has 2 aliphatic rings. The summed E-state index contributed by atoms with van der Waals surface area (Å²) >= 11 is 4.40. The number of fused-ring (bicyclic) bond motifs is 4. The molecular weight excluding hydrogens is 617 g/mol. The van der Waals surface area contributed by atoms with Gasteiger partial charge < -0.3 is 10.0 Å². The Morgan fingerprint density at radius 3 is 2.36 bits per heavy atom. The van der Waals surface area contributed by atoms with Gasteiger partial charge in [-0.05, 0) is 85.5 Å². The van der Waals surface area contributed by atoms with Gasteiger partial charge in [0, 0.05) is 54.0 Å². The highest BCUT2D eigenvalue weighted by molar-refractivity contribution is 7.19. The summed E-state index contributed by atoms with van der Waals surface area (Å²) in [7, 11) is 0. The number of carboxylic acid groups (broad SMARTS) is 1. The number of thiophene rings is 2. The maximum absolute atomic E-state index is 11.3. The van der Waals surface area contributed by atoms with Gasteiger partial charge in [-0.2, -0.15) is 14.0 Å². The highest BCUT2D eigenvalue weighted by Crippen LogP contribution is 2.53. The van der Waals surface area contributed by atoms with Gasteiger partial charge >= 0.3 is 5.97 Å². The van der Waals surface area contributed by atoms with Crippen LogP contribution in [0.3, 0.4) is 0 Å². The zero-order valence-electron chi connectivity index (χ0n) is 24.2. The molecule has 9 heteroatoms. The predicted molar refractivity (Wildman–Crippen MR) is 184 cm³/mol. The molecule has 220 valence electrons. The van der Waals surface area contributed by atoms with Crippen molar-refractivity contribution in [2.75, 3.05) is 4.90 Å². The number of benzene rings is 3. The minimum Gasteiger partial charge on any atom is -0.477 e. The summed E-state index contributed by atoms with van der Waals surface area (Å²) in [5.74, 6) is -0.664. The van der Waals surface area contributed by atoms with E-state index >= 15 is 0 Å². The lowest BCUT2D eigenvalue weighted by Gasteiger charge is -2.27. The summed E-state index contributed by atoms with van der Waals surface area (Å²) in [6.45, 7) is 2.14. The van der Waals surface area contributed by atoms with Gasteiger partial charge in [0.15, 0.2) is 0 Å². The Labute approximate surface area is 272 Å². The average molecular weight is 643 g/mol. The Bertz CT molecular complexity index is 2180. The van der Waals surface area contributed by atoms with Gasteiger partial charge in [-0.25, -0.2) is 4.79 Å². The predicted octanol–water partition coefficient (Wildman–Crippen LogP) is 9.90. The fraction of sp³-hybridized carbons (Fsp3) is 0.167. The van der Waals surface area contributed by atoms with Crippen molar-refractivity contribution >= 4 is 68.9 Å². The van der Waals surface area contributed by atoms with E-state index in [2.05, 4.69) is 87.3 Å². The van der Waals surface area contributed by atoms with Crippen LogP contribution in [-0.4, -0.2) is 25.9 Å². The van der Waals surface area contributed by atoms with E-state index in [0.29, 0.717) is 16.8 Å². The van der Waals surface area contributed by atoms with E-state index in [0.717, 1.165) is 31.9 Å². The zero-order chi connectivity index (χ0) is 30.7. The van der Waals surface area contributed by atoms with E-state index in [1.54, 1.807) is 17.4 Å². The molecule has 0 radical (unpaired) electrons. The number of nitrogens with zero attached hydrogens (tertiary/aromatic N) is 4. The van der Waals surface area contributed by atoms with Crippen molar-refractivity contribution in [2.24, 2.45) is 0 Å². The van der Waals surface area contributed by atoms with E-state index < -0.39 is 5.97 Å². The van der Waals surface area contributed by atoms with E-state index in [9.17, 15) is 9.90 Å². The molecule has 3 aromatic carbocycles. The number of carboxylic acids is 1. The quantitative estimate of drug-likeness (QED) is 0.144. The third-order valence-corrected chi connectivity index (χ3v) is 11.7. The molecule has 6 nitrogen and oxygen atoms in total. The van der Waals surface area contributed by atoms with Crippen molar-refractivity contribution in [3.8, 4) is 37.4 Å². The van der Waals surface area contributed by atoms with E-state index in [1.165, 1.54) is 81.3 Å². The second kappa shape index (κ2) is 11.1. The number of rotatable bonds is 6. The molecule has 0 bridgehead atoms. The van der Waals surface area contributed by atoms with Gasteiger partial charge in [-0.15, -0.1) is 22.7 Å². The van der Waals surface area contributed by atoms with E-state index in [-0.39, 0.29) is 5.57 Å². The number of carbonyl (C=O) groups is 1. The summed E-state index contributed by atoms with van der Waals surface area (Å²) in [4.78, 5) is 17.9. The van der Waals surface area contributed by atoms with Crippen molar-refractivity contribution in [2.45, 2.75) is 38.1 Å². The third kappa shape index (κ3) is 4.77. The number of hydrogen-bond donors (Lipinski definition) is 1. The Morgan fingerprint density at radius 2 is 1.62 bits per heavy atom. The van der Waals surface area contributed by atoms with Crippen molar-refractivity contribution < 1.29 is 9.90 Å². The largest absolute Gasteiger partial charge is 0.477 e. The topological polar surface area (TPSA) is 90.1 Å². The summed E-state index contributed by atoms with van der Waals surface area (Å²) in [6.07, 6.45) is 5.14. The molecule has 1 aliphatic carbocycles. The van der Waals surface area contributed by atoms with Crippen LogP contribution in [0.5, 0.6) is 0 Å². The van der Waals surface area contributed by atoms with Crippen LogP contribution in [0, 0.1) is 18.3 Å². The number of hydrogen-bond acceptors (Lipinski definition) is 8. The Morgan fingerprint density at radius 1 is 0.911 bits per heavy atom. The van der Waals surface area contributed by atoms with Crippen LogP contribution < -0.4 is 4.90 Å². The molecule has 0 saturated heterocycles. The highest BCUT2D eigenvalue weighted by Gasteiger charge is 2.42. The summed E-state index contributed by atoms with van der Waals surface area (Å²) in [5, 5.41) is 18.4. The number of aromatic nitrogens is 2. The second-order valence-electron chi connectivity index (χ2n) is 11.5. The molecule has 1 aliphatic heterocycles. The van der Waals surface area contributed by atoms with Crippen LogP contribution in [0.1, 0.15) is 41.2 Å². The first-order valence-corrected chi connectivity index (χ1v) is 17.2. The molecule has 45 heavy (non-hydrogen) atoms. The molecule has 2 atom stereocenters. The lowest BCUT2D eigenvalue weighted by molar-refractivity contribution is -0.132. The molecule has 3 aromatic heterocycles. The monoisotopic (exact) mass is 642 g/mol. The standard InChI is InChI=1S/C36H26N4O2S3/c1-20-5-8-23(9-6-20)40-29-4-2-3-25(29)28-18-21(7-13-30(28)40)31-15-16-33(44-31)27-12-11-26(34-35(27)39-45-38-34)32-14-10-24(43-32)17-22(19-37)36(41)42/h5-18,25,29H,2-4H2,1H3,(H,41,42)/b22-17-. The van der Waals surface area contributed by atoms with Gasteiger partial charge in [0.25, 0.3) is 0 Å². The Hall–Kier alpha value is -4.62. The van der Waals surface area contributed by atoms with Crippen LogP contribution in [0.4, 0.5) is 11.4 Å². The maximum Gasteiger partial charge on any atom is 0.346 e. The third-order valence-electron chi connectivity index (χ3n) is 8.91. The average Bonchev–Trinajstić information content (AvgIpc) is 3.88. The molecule has 2 unspecified atom stereocenters. The zero-order valence-corrected chi connectivity index (χ0v) is 26.7. The van der Waals surface area contributed by atoms with E-state index in [4.69, 9.17) is 5.26 Å². The lowest BCUT2D eigenvalue weighted by Crippen LogP contribution is -2.26. The first-order chi connectivity index (χ1) is 22.0. The normalized spacial score (nSPS) is 17.4. The first kappa shape index (κ1) is 27.9. The fourth-order valence-corrected chi connectivity index (χ4v) is 9.39. The first-order valence-electron chi connectivity index (χ1n) is 14.8. The number of anilines is 2. The maximum atomic E-state index is 11.3. The van der Waals surface area contributed by atoms with Gasteiger partial charge in [0.05, 0.1) is 11.7 Å². The lowest BCUT2D eigenvalue weighted by atomic mass is 9.95. The summed E-state index contributed by atoms with van der Waals surface area (Å²) < 4.78 is 9.33.